The second-order valence-corrected chi connectivity index (χ2v) is 7.81. The van der Waals surface area contributed by atoms with E-state index in [1.165, 1.54) is 21.8 Å². The van der Waals surface area contributed by atoms with E-state index in [2.05, 4.69) is 10.4 Å². The molecule has 0 spiro atoms. The van der Waals surface area contributed by atoms with Gasteiger partial charge in [0.25, 0.3) is 5.91 Å². The third-order valence-electron chi connectivity index (χ3n) is 4.82. The van der Waals surface area contributed by atoms with Crippen LogP contribution in [-0.4, -0.2) is 39.6 Å². The van der Waals surface area contributed by atoms with Crippen molar-refractivity contribution in [1.82, 2.24) is 20.0 Å². The Balaban J connectivity index is 1.46. The van der Waals surface area contributed by atoms with Crippen LogP contribution in [-0.2, 0) is 24.8 Å². The molecular formula is C20H18F2N4O2S. The molecule has 2 aromatic heterocycles. The van der Waals surface area contributed by atoms with E-state index in [4.69, 9.17) is 0 Å². The molecule has 9 heteroatoms. The van der Waals surface area contributed by atoms with Crippen LogP contribution < -0.4 is 5.32 Å². The number of thiophene rings is 1. The number of aromatic nitrogens is 2. The van der Waals surface area contributed by atoms with Crippen molar-refractivity contribution in [2.75, 3.05) is 13.1 Å². The van der Waals surface area contributed by atoms with Gasteiger partial charge in [0.05, 0.1) is 12.1 Å². The Kier molecular flexibility index (Phi) is 5.14. The monoisotopic (exact) mass is 416 g/mol. The van der Waals surface area contributed by atoms with Gasteiger partial charge in [0.15, 0.2) is 0 Å². The van der Waals surface area contributed by atoms with E-state index in [1.807, 2.05) is 11.4 Å². The average Bonchev–Trinajstić information content (AvgIpc) is 3.31. The van der Waals surface area contributed by atoms with Crippen molar-refractivity contribution in [3.63, 3.8) is 0 Å². The summed E-state index contributed by atoms with van der Waals surface area (Å²) >= 11 is 1.69. The number of nitrogens with zero attached hydrogens (tertiary/aromatic N) is 3. The number of amides is 2. The van der Waals surface area contributed by atoms with Gasteiger partial charge >= 0.3 is 0 Å². The van der Waals surface area contributed by atoms with E-state index in [1.54, 1.807) is 23.3 Å². The van der Waals surface area contributed by atoms with Crippen molar-refractivity contribution in [2.45, 2.75) is 13.0 Å². The van der Waals surface area contributed by atoms with Crippen LogP contribution in [0.1, 0.15) is 20.8 Å². The van der Waals surface area contributed by atoms with Crippen molar-refractivity contribution in [2.24, 2.45) is 7.05 Å². The summed E-state index contributed by atoms with van der Waals surface area (Å²) in [5, 5.41) is 8.73. The summed E-state index contributed by atoms with van der Waals surface area (Å²) in [6.07, 6.45) is 2.25. The first kappa shape index (κ1) is 19.3. The minimum absolute atomic E-state index is 0.0181. The molecule has 3 aromatic rings. The van der Waals surface area contributed by atoms with Crippen molar-refractivity contribution in [3.8, 4) is 11.3 Å². The largest absolute Gasteiger partial charge is 0.343 e. The Morgan fingerprint density at radius 3 is 2.90 bits per heavy atom. The third kappa shape index (κ3) is 3.91. The van der Waals surface area contributed by atoms with Gasteiger partial charge < -0.3 is 10.2 Å². The Morgan fingerprint density at radius 2 is 2.10 bits per heavy atom. The number of carbonyl (C=O) groups is 2. The minimum atomic E-state index is -0.811. The van der Waals surface area contributed by atoms with Crippen LogP contribution >= 0.6 is 11.3 Å². The Morgan fingerprint density at radius 1 is 1.28 bits per heavy atom. The fourth-order valence-electron chi connectivity index (χ4n) is 3.36. The summed E-state index contributed by atoms with van der Waals surface area (Å²) in [6, 6.07) is 5.09. The molecule has 29 heavy (non-hydrogen) atoms. The summed E-state index contributed by atoms with van der Waals surface area (Å²) in [5.74, 6) is -2.25. The molecule has 0 saturated heterocycles. The third-order valence-corrected chi connectivity index (χ3v) is 5.84. The quantitative estimate of drug-likeness (QED) is 0.711. The van der Waals surface area contributed by atoms with Crippen LogP contribution in [0, 0.1) is 11.6 Å². The molecule has 150 valence electrons. The molecule has 6 nitrogen and oxygen atoms in total. The average molecular weight is 416 g/mol. The summed E-state index contributed by atoms with van der Waals surface area (Å²) < 4.78 is 28.7. The van der Waals surface area contributed by atoms with Gasteiger partial charge in [0, 0.05) is 42.8 Å². The number of carbonyl (C=O) groups excluding carboxylic acids is 2. The van der Waals surface area contributed by atoms with Gasteiger partial charge in [-0.2, -0.15) is 5.10 Å². The van der Waals surface area contributed by atoms with E-state index in [0.717, 1.165) is 24.1 Å². The first-order valence-electron chi connectivity index (χ1n) is 9.02. The highest BCUT2D eigenvalue weighted by Crippen LogP contribution is 2.26. The number of benzene rings is 1. The molecule has 1 N–H and O–H groups in total. The van der Waals surface area contributed by atoms with Crippen LogP contribution in [0.2, 0.25) is 0 Å². The first-order valence-corrected chi connectivity index (χ1v) is 9.90. The Bertz CT molecular complexity index is 1090. The number of hydrogen-bond donors (Lipinski definition) is 1. The van der Waals surface area contributed by atoms with E-state index in [0.29, 0.717) is 13.1 Å². The van der Waals surface area contributed by atoms with Gasteiger partial charge in [0.1, 0.15) is 17.3 Å². The van der Waals surface area contributed by atoms with Crippen molar-refractivity contribution in [1.29, 1.82) is 0 Å². The molecule has 0 unspecified atom stereocenters. The maximum atomic E-state index is 14.2. The lowest BCUT2D eigenvalue weighted by molar-refractivity contribution is -0.131. The molecule has 1 aliphatic heterocycles. The van der Waals surface area contributed by atoms with Crippen LogP contribution in [0.25, 0.3) is 11.3 Å². The number of nitrogens with one attached hydrogen (secondary N) is 1. The molecule has 0 bridgehead atoms. The van der Waals surface area contributed by atoms with Gasteiger partial charge in [-0.15, -0.1) is 11.3 Å². The molecule has 0 radical (unpaired) electrons. The fraction of sp³-hybridized carbons (Fsp3) is 0.250. The zero-order chi connectivity index (χ0) is 20.5. The SMILES string of the molecule is Cn1cc(C(=O)NCC(=O)N2CCc3sccc3C2)c(-c2ccc(F)cc2F)n1. The molecule has 0 fully saturated rings. The van der Waals surface area contributed by atoms with E-state index >= 15 is 0 Å². The van der Waals surface area contributed by atoms with Gasteiger partial charge in [-0.3, -0.25) is 14.3 Å². The zero-order valence-electron chi connectivity index (χ0n) is 15.6. The van der Waals surface area contributed by atoms with E-state index < -0.39 is 17.5 Å². The van der Waals surface area contributed by atoms with Crippen molar-refractivity contribution >= 4 is 23.2 Å². The number of rotatable bonds is 4. The Labute approximate surface area is 169 Å². The summed E-state index contributed by atoms with van der Waals surface area (Å²) in [4.78, 5) is 28.2. The van der Waals surface area contributed by atoms with Crippen LogP contribution in [0.3, 0.4) is 0 Å². The molecule has 0 saturated carbocycles. The lowest BCUT2D eigenvalue weighted by Gasteiger charge is -2.27. The molecule has 1 aromatic carbocycles. The lowest BCUT2D eigenvalue weighted by Crippen LogP contribution is -2.42. The van der Waals surface area contributed by atoms with Crippen molar-refractivity contribution < 1.29 is 18.4 Å². The highest BCUT2D eigenvalue weighted by Gasteiger charge is 2.24. The van der Waals surface area contributed by atoms with Gasteiger partial charge in [-0.05, 0) is 35.6 Å². The topological polar surface area (TPSA) is 67.2 Å². The standard InChI is InChI=1S/C20H18F2N4O2S/c1-25-11-15(19(24-25)14-3-2-13(21)8-16(14)22)20(28)23-9-18(27)26-6-4-17-12(10-26)5-7-29-17/h2-3,5,7-8,11H,4,6,9-10H2,1H3,(H,23,28). The van der Waals surface area contributed by atoms with E-state index in [9.17, 15) is 18.4 Å². The fourth-order valence-corrected chi connectivity index (χ4v) is 4.25. The predicted octanol–water partition coefficient (Wildman–Crippen LogP) is 2.74. The molecular weight excluding hydrogens is 398 g/mol. The number of aryl methyl sites for hydroxylation is 1. The number of hydrogen-bond acceptors (Lipinski definition) is 4. The number of fused-ring (bicyclic) bond motifs is 1. The molecule has 2 amide bonds. The summed E-state index contributed by atoms with van der Waals surface area (Å²) in [6.45, 7) is 0.978. The Hall–Kier alpha value is -3.07. The van der Waals surface area contributed by atoms with Crippen LogP contribution in [0.15, 0.2) is 35.8 Å². The van der Waals surface area contributed by atoms with Crippen LogP contribution in [0.4, 0.5) is 8.78 Å². The molecule has 4 rings (SSSR count). The zero-order valence-corrected chi connectivity index (χ0v) is 16.4. The predicted molar refractivity (Wildman–Crippen MR) is 104 cm³/mol. The summed E-state index contributed by atoms with van der Waals surface area (Å²) in [5.41, 5.74) is 1.37. The molecule has 3 heterocycles. The van der Waals surface area contributed by atoms with Crippen LogP contribution in [0.5, 0.6) is 0 Å². The van der Waals surface area contributed by atoms with Gasteiger partial charge in [-0.1, -0.05) is 0 Å². The first-order chi connectivity index (χ1) is 13.9. The number of halogens is 2. The molecule has 1 aliphatic rings. The van der Waals surface area contributed by atoms with Crippen molar-refractivity contribution in [3.05, 3.63) is 63.5 Å². The normalized spacial score (nSPS) is 13.3. The highest BCUT2D eigenvalue weighted by atomic mass is 32.1. The molecule has 0 aliphatic carbocycles. The van der Waals surface area contributed by atoms with Gasteiger partial charge in [0.2, 0.25) is 5.91 Å². The second kappa shape index (κ2) is 7.75. The minimum Gasteiger partial charge on any atom is -0.343 e. The second-order valence-electron chi connectivity index (χ2n) is 6.81. The maximum absolute atomic E-state index is 14.2. The smallest absolute Gasteiger partial charge is 0.255 e. The molecule has 0 atom stereocenters. The summed E-state index contributed by atoms with van der Waals surface area (Å²) in [7, 11) is 1.60. The lowest BCUT2D eigenvalue weighted by atomic mass is 10.1. The van der Waals surface area contributed by atoms with Gasteiger partial charge in [-0.25, -0.2) is 8.78 Å². The maximum Gasteiger partial charge on any atom is 0.255 e. The van der Waals surface area contributed by atoms with E-state index in [-0.39, 0.29) is 29.3 Å². The highest BCUT2D eigenvalue weighted by molar-refractivity contribution is 7.10.